The normalized spacial score (nSPS) is 23.3. The fraction of sp³-hybridized carbons (Fsp3) is 0.854. The Hall–Kier alpha value is -1.67. The third kappa shape index (κ3) is 25.3. The number of carbonyl (C=O) groups is 2. The lowest BCUT2D eigenvalue weighted by Crippen LogP contribution is -2.64. The first-order chi connectivity index (χ1) is 26.4. The lowest BCUT2D eigenvalue weighted by Gasteiger charge is -2.41. The number of ether oxygens (including phenoxy) is 2. The van der Waals surface area contributed by atoms with E-state index in [1.807, 2.05) is 0 Å². The van der Waals surface area contributed by atoms with E-state index in [0.717, 1.165) is 77.0 Å². The zero-order chi connectivity index (χ0) is 40.7. The third-order valence-electron chi connectivity index (χ3n) is 9.77. The maximum Gasteiger partial charge on any atom is 0.472 e. The van der Waals surface area contributed by atoms with Crippen LogP contribution in [-0.2, 0) is 32.7 Å². The molecule has 0 aliphatic heterocycles. The summed E-state index contributed by atoms with van der Waals surface area (Å²) in [4.78, 5) is 35.5. The molecule has 8 atom stereocenters. The van der Waals surface area contributed by atoms with E-state index in [0.29, 0.717) is 12.8 Å². The van der Waals surface area contributed by atoms with Gasteiger partial charge in [0.25, 0.3) is 0 Å². The van der Waals surface area contributed by atoms with E-state index in [2.05, 4.69) is 38.2 Å². The number of esters is 2. The molecule has 0 aromatic heterocycles. The van der Waals surface area contributed by atoms with Gasteiger partial charge in [-0.15, -0.1) is 0 Å². The topological polar surface area (TPSA) is 210 Å². The monoisotopic (exact) mass is 806 g/mol. The van der Waals surface area contributed by atoms with Crippen molar-refractivity contribution in [1.82, 2.24) is 0 Å². The third-order valence-corrected chi connectivity index (χ3v) is 10.8. The van der Waals surface area contributed by atoms with Crippen molar-refractivity contribution in [1.29, 1.82) is 0 Å². The molecular weight excluding hydrogens is 731 g/mol. The maximum atomic E-state index is 12.8. The highest BCUT2D eigenvalue weighted by atomic mass is 31.2. The Labute approximate surface area is 330 Å². The molecule has 0 saturated heterocycles. The van der Waals surface area contributed by atoms with Crippen LogP contribution >= 0.6 is 7.82 Å². The van der Waals surface area contributed by atoms with E-state index in [9.17, 15) is 44.6 Å². The van der Waals surface area contributed by atoms with Gasteiger partial charge in [-0.25, -0.2) is 4.57 Å². The maximum absolute atomic E-state index is 12.8. The average Bonchev–Trinajstić information content (AvgIpc) is 3.16. The minimum absolute atomic E-state index is 0.0863. The number of carbonyl (C=O) groups excluding carboxylic acids is 2. The Balaban J connectivity index is 2.51. The molecule has 14 heteroatoms. The van der Waals surface area contributed by atoms with Crippen molar-refractivity contribution in [3.05, 3.63) is 24.3 Å². The predicted molar refractivity (Wildman–Crippen MR) is 212 cm³/mol. The van der Waals surface area contributed by atoms with Crippen molar-refractivity contribution in [2.75, 3.05) is 13.2 Å². The van der Waals surface area contributed by atoms with Crippen LogP contribution in [0.5, 0.6) is 0 Å². The largest absolute Gasteiger partial charge is 0.472 e. The Morgan fingerprint density at radius 1 is 0.545 bits per heavy atom. The van der Waals surface area contributed by atoms with Gasteiger partial charge in [0.15, 0.2) is 6.10 Å². The van der Waals surface area contributed by atoms with E-state index >= 15 is 0 Å². The summed E-state index contributed by atoms with van der Waals surface area (Å²) < 4.78 is 33.4. The molecule has 1 rings (SSSR count). The number of aliphatic hydroxyl groups excluding tert-OH is 5. The molecule has 13 nitrogen and oxygen atoms in total. The van der Waals surface area contributed by atoms with Crippen molar-refractivity contribution in [2.45, 2.75) is 211 Å². The smallest absolute Gasteiger partial charge is 0.462 e. The van der Waals surface area contributed by atoms with Crippen LogP contribution < -0.4 is 0 Å². The van der Waals surface area contributed by atoms with Crippen LogP contribution in [0, 0.1) is 0 Å². The summed E-state index contributed by atoms with van der Waals surface area (Å²) in [5.41, 5.74) is 0. The second kappa shape index (κ2) is 32.3. The second-order valence-corrected chi connectivity index (χ2v) is 16.2. The fourth-order valence-corrected chi connectivity index (χ4v) is 7.23. The molecule has 1 saturated carbocycles. The molecule has 55 heavy (non-hydrogen) atoms. The van der Waals surface area contributed by atoms with Crippen LogP contribution in [0.4, 0.5) is 0 Å². The quantitative estimate of drug-likeness (QED) is 0.0164. The van der Waals surface area contributed by atoms with Gasteiger partial charge in [-0.3, -0.25) is 18.6 Å². The number of rotatable bonds is 34. The molecule has 1 aliphatic rings. The zero-order valence-electron chi connectivity index (χ0n) is 33.7. The SMILES string of the molecule is CCCC/C=C\CCCCCCCC(=O)OC[C@H](COP(=O)(O)OC1C(O)C(O)C(O)[C@@H](O)C1O)OC(=O)CCCCCCC/C=C\CCCCCCCC. The van der Waals surface area contributed by atoms with E-state index in [1.165, 1.54) is 51.4 Å². The van der Waals surface area contributed by atoms with Gasteiger partial charge in [-0.2, -0.15) is 0 Å². The van der Waals surface area contributed by atoms with Gasteiger partial charge >= 0.3 is 19.8 Å². The highest BCUT2D eigenvalue weighted by molar-refractivity contribution is 7.47. The number of hydrogen-bond acceptors (Lipinski definition) is 12. The van der Waals surface area contributed by atoms with Gasteiger partial charge in [0, 0.05) is 12.8 Å². The zero-order valence-corrected chi connectivity index (χ0v) is 34.6. The molecule has 322 valence electrons. The predicted octanol–water partition coefficient (Wildman–Crippen LogP) is 7.28. The Morgan fingerprint density at radius 3 is 1.44 bits per heavy atom. The van der Waals surface area contributed by atoms with E-state index in [-0.39, 0.29) is 12.8 Å². The highest BCUT2D eigenvalue weighted by Crippen LogP contribution is 2.47. The summed E-state index contributed by atoms with van der Waals surface area (Å²) in [5.74, 6) is -1.12. The fourth-order valence-electron chi connectivity index (χ4n) is 6.26. The minimum atomic E-state index is -5.11. The molecule has 0 bridgehead atoms. The number of aliphatic hydroxyl groups is 5. The average molecular weight is 807 g/mol. The van der Waals surface area contributed by atoms with Gasteiger partial charge in [0.1, 0.15) is 43.2 Å². The summed E-state index contributed by atoms with van der Waals surface area (Å²) in [6.45, 7) is 3.22. The molecule has 0 aromatic rings. The number of phosphoric acid groups is 1. The van der Waals surface area contributed by atoms with Gasteiger partial charge in [0.05, 0.1) is 6.61 Å². The van der Waals surface area contributed by atoms with Crippen LogP contribution in [-0.4, -0.2) is 98.3 Å². The first-order valence-electron chi connectivity index (χ1n) is 21.1. The van der Waals surface area contributed by atoms with Crippen molar-refractivity contribution in [3.8, 4) is 0 Å². The summed E-state index contributed by atoms with van der Waals surface area (Å²) in [6, 6.07) is 0. The number of unbranched alkanes of at least 4 members (excludes halogenated alkanes) is 18. The van der Waals surface area contributed by atoms with Crippen LogP contribution in [0.25, 0.3) is 0 Å². The lowest BCUT2D eigenvalue weighted by atomic mass is 9.85. The number of phosphoric ester groups is 1. The molecule has 1 aliphatic carbocycles. The van der Waals surface area contributed by atoms with Crippen LogP contribution in [0.3, 0.4) is 0 Å². The molecule has 6 N–H and O–H groups in total. The second-order valence-electron chi connectivity index (χ2n) is 14.8. The van der Waals surface area contributed by atoms with Gasteiger partial charge in [-0.05, 0) is 57.8 Å². The molecule has 0 spiro atoms. The number of allylic oxidation sites excluding steroid dienone is 4. The molecule has 0 aromatic carbocycles. The Morgan fingerprint density at radius 2 is 0.945 bits per heavy atom. The summed E-state index contributed by atoms with van der Waals surface area (Å²) >= 11 is 0. The van der Waals surface area contributed by atoms with Crippen molar-refractivity contribution in [2.24, 2.45) is 0 Å². The lowest BCUT2D eigenvalue weighted by molar-refractivity contribution is -0.220. The molecule has 0 heterocycles. The van der Waals surface area contributed by atoms with E-state index < -0.39 is 75.7 Å². The molecule has 0 amide bonds. The standard InChI is InChI=1S/C41H75O13P/c1-3-5-7-9-11-13-15-16-17-18-20-22-24-26-28-30-35(43)53-33(31-51-34(42)29-27-25-23-21-19-14-12-10-8-6-4-2)32-52-55(49,50)54-41-39(47)37(45)36(44)38(46)40(41)48/h10,12,16-17,33,36-41,44-48H,3-9,11,13-15,18-32H2,1-2H3,(H,49,50)/b12-10-,17-16-/t33-,36?,37-,38?,39?,40?,41?/m1/s1. The summed E-state index contributed by atoms with van der Waals surface area (Å²) in [5, 5.41) is 50.0. The van der Waals surface area contributed by atoms with Gasteiger partial charge in [-0.1, -0.05) is 122 Å². The minimum Gasteiger partial charge on any atom is -0.462 e. The van der Waals surface area contributed by atoms with Crippen LogP contribution in [0.2, 0.25) is 0 Å². The number of hydrogen-bond donors (Lipinski definition) is 6. The molecule has 6 unspecified atom stereocenters. The van der Waals surface area contributed by atoms with Gasteiger partial charge < -0.3 is 39.9 Å². The van der Waals surface area contributed by atoms with E-state index in [1.54, 1.807) is 0 Å². The molecule has 1 fully saturated rings. The van der Waals surface area contributed by atoms with Crippen LogP contribution in [0.1, 0.15) is 168 Å². The first-order valence-corrected chi connectivity index (χ1v) is 22.6. The van der Waals surface area contributed by atoms with E-state index in [4.69, 9.17) is 18.5 Å². The van der Waals surface area contributed by atoms with Gasteiger partial charge in [0.2, 0.25) is 0 Å². The van der Waals surface area contributed by atoms with Crippen molar-refractivity contribution < 1.29 is 63.1 Å². The summed E-state index contributed by atoms with van der Waals surface area (Å²) in [6.07, 6.45) is 19.6. The molecule has 0 radical (unpaired) electrons. The summed E-state index contributed by atoms with van der Waals surface area (Å²) in [7, 11) is -5.11. The highest BCUT2D eigenvalue weighted by Gasteiger charge is 2.51. The van der Waals surface area contributed by atoms with Crippen molar-refractivity contribution in [3.63, 3.8) is 0 Å². The van der Waals surface area contributed by atoms with Crippen LogP contribution in [0.15, 0.2) is 24.3 Å². The first kappa shape index (κ1) is 51.3. The van der Waals surface area contributed by atoms with Crippen molar-refractivity contribution >= 4 is 19.8 Å². The Kier molecular flexibility index (Phi) is 30.2. The molecular formula is C41H75O13P. The Bertz CT molecular complexity index is 1070.